The first-order valence-corrected chi connectivity index (χ1v) is 2.56. The molecule has 2 heteroatoms. The first-order valence-electron chi connectivity index (χ1n) is 1.03. The van der Waals surface area contributed by atoms with Crippen LogP contribution < -0.4 is 0 Å². The van der Waals surface area contributed by atoms with E-state index < -0.39 is 0 Å². The van der Waals surface area contributed by atoms with Crippen LogP contribution in [-0.4, -0.2) is 0 Å². The number of hydrogen-bond donors (Lipinski definition) is 0. The molecule has 0 saturated heterocycles. The quantitative estimate of drug-likeness (QED) is 0.503. The van der Waals surface area contributed by atoms with Crippen molar-refractivity contribution in [2.45, 2.75) is 4.64 Å². The molecule has 0 saturated carbocycles. The zero-order valence-corrected chi connectivity index (χ0v) is 5.70. The van der Waals surface area contributed by atoms with E-state index in [4.69, 9.17) is 0 Å². The summed E-state index contributed by atoms with van der Waals surface area (Å²) in [5.74, 6) is 0. The predicted octanol–water partition coefficient (Wildman–Crippen LogP) is 1.14. The summed E-state index contributed by atoms with van der Waals surface area (Å²) in [6.07, 6.45) is 1.85. The number of hydrogen-bond acceptors (Lipinski definition) is 0. The standard InChI is InChI=1S/C3H5.Au.Cu/c1-3-2;;/h3H,1-2H2;;. The second-order valence-corrected chi connectivity index (χ2v) is 1.30. The number of allylic oxidation sites excluding steroid dienone is 1. The smallest absolute Gasteiger partial charge is 0 e. The summed E-state index contributed by atoms with van der Waals surface area (Å²) in [7, 11) is 0. The molecule has 0 atom stereocenters. The Morgan fingerprint density at radius 1 is 1.80 bits per heavy atom. The Morgan fingerprint density at radius 3 is 2.00 bits per heavy atom. The summed E-state index contributed by atoms with van der Waals surface area (Å²) >= 11 is 2.38. The fourth-order valence-corrected chi connectivity index (χ4v) is 0. The summed E-state index contributed by atoms with van der Waals surface area (Å²) < 4.78 is 1.03. The molecule has 0 unspecified atom stereocenters. The van der Waals surface area contributed by atoms with Gasteiger partial charge >= 0.3 is 38.4 Å². The molecule has 0 bridgehead atoms. The molecule has 0 heterocycles. The van der Waals surface area contributed by atoms with Gasteiger partial charge in [0.25, 0.3) is 0 Å². The maximum absolute atomic E-state index is 3.47. The molecule has 0 aromatic carbocycles. The molecular formula is C3H5AuCu. The maximum Gasteiger partial charge on any atom is 0 e. The van der Waals surface area contributed by atoms with Gasteiger partial charge in [-0.1, -0.05) is 0 Å². The predicted molar refractivity (Wildman–Crippen MR) is 15.0 cm³/mol. The normalized spacial score (nSPS) is 5.20. The van der Waals surface area contributed by atoms with Crippen molar-refractivity contribution in [2.75, 3.05) is 0 Å². The minimum Gasteiger partial charge on any atom is 0 e. The van der Waals surface area contributed by atoms with Gasteiger partial charge in [0.15, 0.2) is 0 Å². The summed E-state index contributed by atoms with van der Waals surface area (Å²) in [6, 6.07) is 0. The Labute approximate surface area is 55.4 Å². The second kappa shape index (κ2) is 8.89. The van der Waals surface area contributed by atoms with Crippen LogP contribution in [0, 0.1) is 0 Å². The minimum absolute atomic E-state index is 0. The zero-order valence-electron chi connectivity index (χ0n) is 2.59. The van der Waals surface area contributed by atoms with E-state index in [1.165, 1.54) is 0 Å². The van der Waals surface area contributed by atoms with Gasteiger partial charge in [-0.05, 0) is 0 Å². The van der Waals surface area contributed by atoms with Gasteiger partial charge in [-0.15, -0.1) is 0 Å². The van der Waals surface area contributed by atoms with Crippen molar-refractivity contribution in [2.24, 2.45) is 0 Å². The average molecular weight is 302 g/mol. The molecule has 0 aliphatic carbocycles. The van der Waals surface area contributed by atoms with Crippen LogP contribution >= 0.6 is 0 Å². The molecule has 0 N–H and O–H groups in total. The summed E-state index contributed by atoms with van der Waals surface area (Å²) in [5, 5.41) is 0. The van der Waals surface area contributed by atoms with Crippen molar-refractivity contribution >= 4 is 0 Å². The third-order valence-corrected chi connectivity index (χ3v) is 0.712. The summed E-state index contributed by atoms with van der Waals surface area (Å²) in [4.78, 5) is 0. The molecule has 5 heavy (non-hydrogen) atoms. The fourth-order valence-electron chi connectivity index (χ4n) is 0. The van der Waals surface area contributed by atoms with E-state index in [1.54, 1.807) is 0 Å². The fraction of sp³-hybridized carbons (Fsp3) is 0.333. The molecule has 0 aliphatic heterocycles. The van der Waals surface area contributed by atoms with Crippen molar-refractivity contribution in [3.63, 3.8) is 0 Å². The van der Waals surface area contributed by atoms with Gasteiger partial charge < -0.3 is 0 Å². The monoisotopic (exact) mass is 301 g/mol. The SMILES string of the molecule is C=C[CH2][Au].[Cu]. The summed E-state index contributed by atoms with van der Waals surface area (Å²) in [5.41, 5.74) is 0. The first kappa shape index (κ1) is 9.37. The molecule has 0 aromatic rings. The van der Waals surface area contributed by atoms with Crippen LogP contribution in [0.15, 0.2) is 12.7 Å². The van der Waals surface area contributed by atoms with Crippen molar-refractivity contribution in [1.82, 2.24) is 0 Å². The van der Waals surface area contributed by atoms with Crippen molar-refractivity contribution in [3.05, 3.63) is 12.7 Å². The van der Waals surface area contributed by atoms with Gasteiger partial charge in [0, 0.05) is 17.1 Å². The van der Waals surface area contributed by atoms with Gasteiger partial charge in [-0.25, -0.2) is 0 Å². The van der Waals surface area contributed by atoms with Gasteiger partial charge in [-0.3, -0.25) is 0 Å². The molecule has 0 amide bonds. The van der Waals surface area contributed by atoms with E-state index in [-0.39, 0.29) is 17.1 Å². The van der Waals surface area contributed by atoms with Crippen LogP contribution in [0.5, 0.6) is 0 Å². The minimum atomic E-state index is 0. The van der Waals surface area contributed by atoms with E-state index in [0.29, 0.717) is 0 Å². The van der Waals surface area contributed by atoms with E-state index in [2.05, 4.69) is 27.6 Å². The third kappa shape index (κ3) is 11.3. The van der Waals surface area contributed by atoms with Gasteiger partial charge in [-0.2, -0.15) is 0 Å². The largest absolute Gasteiger partial charge is 0 e. The molecule has 0 spiro atoms. The first-order chi connectivity index (χ1) is 1.91. The van der Waals surface area contributed by atoms with Gasteiger partial charge in [0.2, 0.25) is 0 Å². The van der Waals surface area contributed by atoms with Crippen LogP contribution in [0.4, 0.5) is 0 Å². The van der Waals surface area contributed by atoms with Crippen LogP contribution in [0.1, 0.15) is 0 Å². The van der Waals surface area contributed by atoms with Gasteiger partial charge in [0.05, 0.1) is 0 Å². The molecule has 0 nitrogen and oxygen atoms in total. The van der Waals surface area contributed by atoms with E-state index >= 15 is 0 Å². The van der Waals surface area contributed by atoms with Crippen LogP contribution in [0.2, 0.25) is 4.64 Å². The molecule has 39 valence electrons. The average Bonchev–Trinajstić information content (AvgIpc) is 1.37. The van der Waals surface area contributed by atoms with Crippen molar-refractivity contribution < 1.29 is 38.1 Å². The van der Waals surface area contributed by atoms with Crippen LogP contribution in [-0.2, 0) is 38.1 Å². The zero-order chi connectivity index (χ0) is 3.41. The Hall–Kier alpha value is 1.000. The van der Waals surface area contributed by atoms with Gasteiger partial charge in [0.1, 0.15) is 0 Å². The third-order valence-electron chi connectivity index (χ3n) is 0.0870. The molecule has 0 aliphatic rings. The second-order valence-electron chi connectivity index (χ2n) is 0.412. The van der Waals surface area contributed by atoms with Crippen LogP contribution in [0.3, 0.4) is 0 Å². The summed E-state index contributed by atoms with van der Waals surface area (Å²) in [6.45, 7) is 3.47. The Kier molecular flexibility index (Phi) is 16.7. The van der Waals surface area contributed by atoms with E-state index in [9.17, 15) is 0 Å². The topological polar surface area (TPSA) is 0 Å². The van der Waals surface area contributed by atoms with Crippen molar-refractivity contribution in [1.29, 1.82) is 0 Å². The Morgan fingerprint density at radius 2 is 2.00 bits per heavy atom. The molecular weight excluding hydrogens is 297 g/mol. The maximum atomic E-state index is 3.47. The Balaban J connectivity index is 0. The molecule has 1 radical (unpaired) electrons. The molecule has 0 rings (SSSR count). The Bertz CT molecular complexity index is 20.9. The van der Waals surface area contributed by atoms with Crippen LogP contribution in [0.25, 0.3) is 0 Å². The molecule has 0 fully saturated rings. The van der Waals surface area contributed by atoms with E-state index in [0.717, 1.165) is 4.64 Å². The molecule has 0 aromatic heterocycles. The van der Waals surface area contributed by atoms with Crippen molar-refractivity contribution in [3.8, 4) is 0 Å². The van der Waals surface area contributed by atoms with E-state index in [1.807, 2.05) is 6.08 Å². The number of rotatable bonds is 1.